The molecule has 228 valence electrons. The number of ether oxygens (including phenoxy) is 1. The van der Waals surface area contributed by atoms with E-state index >= 15 is 0 Å². The molecule has 9 heteroatoms. The van der Waals surface area contributed by atoms with Gasteiger partial charge in [-0.15, -0.1) is 11.6 Å². The summed E-state index contributed by atoms with van der Waals surface area (Å²) in [4.78, 5) is 27.3. The van der Waals surface area contributed by atoms with Crippen molar-refractivity contribution in [3.8, 4) is 11.1 Å². The summed E-state index contributed by atoms with van der Waals surface area (Å²) in [7, 11) is -0.776. The molecule has 0 saturated carbocycles. The average Bonchev–Trinajstić information content (AvgIpc) is 3.33. The maximum Gasteiger partial charge on any atom is 0.305 e. The summed E-state index contributed by atoms with van der Waals surface area (Å²) < 4.78 is 36.4. The average molecular weight is 617 g/mol. The van der Waals surface area contributed by atoms with Gasteiger partial charge in [-0.1, -0.05) is 64.2 Å². The summed E-state index contributed by atoms with van der Waals surface area (Å²) in [5.41, 5.74) is 2.07. The fraction of sp³-hybridized carbons (Fsp3) is 0.455. The van der Waals surface area contributed by atoms with Gasteiger partial charge < -0.3 is 14.2 Å². The van der Waals surface area contributed by atoms with E-state index in [2.05, 4.69) is 13.1 Å². The normalized spacial score (nSPS) is 12.4. The van der Waals surface area contributed by atoms with Gasteiger partial charge in [0.05, 0.1) is 12.6 Å². The number of unbranched alkanes of at least 4 members (excludes halogenated alkanes) is 1. The van der Waals surface area contributed by atoms with E-state index in [4.69, 9.17) is 16.3 Å². The quantitative estimate of drug-likeness (QED) is 0.0802. The molecule has 1 heterocycles. The van der Waals surface area contributed by atoms with Crippen molar-refractivity contribution >= 4 is 32.3 Å². The number of nitrogens with zero attached hydrogens (tertiary/aromatic N) is 2. The largest absolute Gasteiger partial charge is 0.466 e. The molecule has 0 aliphatic rings. The second-order valence-electron chi connectivity index (χ2n) is 12.2. The molecule has 2 aromatic carbocycles. The molecular weight excluding hydrogens is 574 g/mol. The molecule has 5 nitrogen and oxygen atoms in total. The highest BCUT2D eigenvalue weighted by molar-refractivity contribution is 6.55. The lowest BCUT2D eigenvalue weighted by Gasteiger charge is -2.41. The van der Waals surface area contributed by atoms with Crippen LogP contribution in [0.25, 0.3) is 11.1 Å². The van der Waals surface area contributed by atoms with Crippen LogP contribution in [-0.4, -0.2) is 49.2 Å². The number of halogens is 3. The fourth-order valence-corrected chi connectivity index (χ4v) is 5.86. The number of rotatable bonds is 14. The Hall–Kier alpha value is -2.97. The predicted octanol–water partition coefficient (Wildman–Crippen LogP) is 7.84. The Morgan fingerprint density at radius 3 is 2.40 bits per heavy atom. The van der Waals surface area contributed by atoms with Crippen LogP contribution in [0.5, 0.6) is 0 Å². The highest BCUT2D eigenvalue weighted by Gasteiger charge is 2.37. The van der Waals surface area contributed by atoms with Gasteiger partial charge in [-0.3, -0.25) is 9.59 Å². The zero-order valence-electron chi connectivity index (χ0n) is 25.3. The number of esters is 1. The molecule has 0 aliphatic heterocycles. The maximum absolute atomic E-state index is 14.9. The van der Waals surface area contributed by atoms with E-state index in [9.17, 15) is 18.4 Å². The van der Waals surface area contributed by atoms with Crippen molar-refractivity contribution < 1.29 is 23.1 Å². The third-order valence-corrected chi connectivity index (χ3v) is 8.82. The lowest BCUT2D eigenvalue weighted by atomic mass is 9.83. The van der Waals surface area contributed by atoms with Gasteiger partial charge in [0.1, 0.15) is 17.5 Å². The molecule has 0 fully saturated rings. The van der Waals surface area contributed by atoms with Gasteiger partial charge in [0.25, 0.3) is 0 Å². The summed E-state index contributed by atoms with van der Waals surface area (Å²) in [6, 6.07) is 15.6. The first kappa shape index (κ1) is 33.5. The van der Waals surface area contributed by atoms with Crippen molar-refractivity contribution in [1.29, 1.82) is 0 Å². The first-order valence-electron chi connectivity index (χ1n) is 14.6. The number of carbonyl (C=O) groups is 2. The van der Waals surface area contributed by atoms with Gasteiger partial charge in [-0.05, 0) is 54.1 Å². The van der Waals surface area contributed by atoms with Gasteiger partial charge in [-0.25, -0.2) is 8.78 Å². The first-order chi connectivity index (χ1) is 19.9. The molecule has 3 aromatic rings. The number of aromatic nitrogens is 1. The zero-order chi connectivity index (χ0) is 30.9. The molecule has 0 aliphatic carbocycles. The standard InChI is InChI=1S/C33H43ClF2N2O3Si/c1-33(2,3)32(38(30(39)21-34)16-10-9-13-31(40)41-17-18-42(4)5)29-19-25(27-20-26(35)14-15-28(27)36)23-37(29)22-24-11-7-6-8-12-24/h6-8,11-12,14-15,19-20,23,32,42H,9-10,13,16-18,21-22H2,1-5H3/t32-/m0/s1. The minimum absolute atomic E-state index is 0.157. The molecule has 0 N–H and O–H groups in total. The number of hydrogen-bond acceptors (Lipinski definition) is 3. The van der Waals surface area contributed by atoms with Crippen LogP contribution in [0.2, 0.25) is 19.1 Å². The van der Waals surface area contributed by atoms with Crippen LogP contribution in [0.3, 0.4) is 0 Å². The molecule has 0 bridgehead atoms. The van der Waals surface area contributed by atoms with Crippen molar-refractivity contribution in [1.82, 2.24) is 9.47 Å². The van der Waals surface area contributed by atoms with Crippen LogP contribution >= 0.6 is 11.6 Å². The zero-order valence-corrected chi connectivity index (χ0v) is 27.2. The fourth-order valence-electron chi connectivity index (χ4n) is 5.12. The van der Waals surface area contributed by atoms with Gasteiger partial charge in [0.15, 0.2) is 0 Å². The summed E-state index contributed by atoms with van der Waals surface area (Å²) >= 11 is 6.12. The number of benzene rings is 2. The molecular formula is C33H43ClF2N2O3Si. The van der Waals surface area contributed by atoms with E-state index in [1.807, 2.05) is 67.9 Å². The summed E-state index contributed by atoms with van der Waals surface area (Å²) in [6.07, 6.45) is 3.27. The Morgan fingerprint density at radius 2 is 1.76 bits per heavy atom. The number of alkyl halides is 1. The van der Waals surface area contributed by atoms with E-state index in [0.717, 1.165) is 29.4 Å². The second kappa shape index (κ2) is 15.5. The van der Waals surface area contributed by atoms with Crippen molar-refractivity contribution in [2.24, 2.45) is 5.41 Å². The summed E-state index contributed by atoms with van der Waals surface area (Å²) in [6.45, 7) is 11.9. The molecule has 1 atom stereocenters. The van der Waals surface area contributed by atoms with Crippen molar-refractivity contribution in [2.75, 3.05) is 19.0 Å². The van der Waals surface area contributed by atoms with Crippen LogP contribution < -0.4 is 0 Å². The third kappa shape index (κ3) is 9.53. The molecule has 0 radical (unpaired) electrons. The number of carbonyl (C=O) groups excluding carboxylic acids is 2. The monoisotopic (exact) mass is 616 g/mol. The SMILES string of the molecule is C[SiH](C)CCOC(=O)CCCCN(C(=O)CCl)[C@@H](c1cc(-c2cc(F)ccc2F)cn1Cc1ccccc1)C(C)(C)C. The maximum atomic E-state index is 14.9. The highest BCUT2D eigenvalue weighted by atomic mass is 35.5. The number of amides is 1. The minimum atomic E-state index is -0.776. The van der Waals surface area contributed by atoms with Gasteiger partial charge in [0.2, 0.25) is 5.91 Å². The van der Waals surface area contributed by atoms with E-state index in [1.54, 1.807) is 4.90 Å². The Balaban J connectivity index is 1.95. The topological polar surface area (TPSA) is 51.5 Å². The molecule has 0 unspecified atom stereocenters. The smallest absolute Gasteiger partial charge is 0.305 e. The lowest BCUT2D eigenvalue weighted by molar-refractivity contribution is -0.143. The van der Waals surface area contributed by atoms with Gasteiger partial charge in [0, 0.05) is 51.3 Å². The molecule has 0 saturated heterocycles. The summed E-state index contributed by atoms with van der Waals surface area (Å²) in [5.74, 6) is -1.69. The lowest BCUT2D eigenvalue weighted by Crippen LogP contribution is -2.43. The Morgan fingerprint density at radius 1 is 1.05 bits per heavy atom. The van der Waals surface area contributed by atoms with E-state index in [0.29, 0.717) is 38.1 Å². The Labute approximate surface area is 255 Å². The van der Waals surface area contributed by atoms with Crippen molar-refractivity contribution in [3.05, 3.63) is 83.7 Å². The van der Waals surface area contributed by atoms with Crippen LogP contribution in [-0.2, 0) is 20.9 Å². The first-order valence-corrected chi connectivity index (χ1v) is 18.3. The van der Waals surface area contributed by atoms with Gasteiger partial charge >= 0.3 is 5.97 Å². The predicted molar refractivity (Wildman–Crippen MR) is 168 cm³/mol. The number of hydrogen-bond donors (Lipinski definition) is 0. The van der Waals surface area contributed by atoms with Crippen LogP contribution in [0.4, 0.5) is 8.78 Å². The molecule has 1 amide bonds. The van der Waals surface area contributed by atoms with Crippen LogP contribution in [0.1, 0.15) is 57.3 Å². The molecule has 1 aromatic heterocycles. The molecule has 42 heavy (non-hydrogen) atoms. The Kier molecular flexibility index (Phi) is 12.4. The van der Waals surface area contributed by atoms with E-state index < -0.39 is 31.9 Å². The second-order valence-corrected chi connectivity index (χ2v) is 15.9. The highest BCUT2D eigenvalue weighted by Crippen LogP contribution is 2.41. The molecule has 0 spiro atoms. The Bertz CT molecular complexity index is 1320. The summed E-state index contributed by atoms with van der Waals surface area (Å²) in [5, 5.41) is 0. The van der Waals surface area contributed by atoms with Crippen LogP contribution in [0.15, 0.2) is 60.8 Å². The van der Waals surface area contributed by atoms with E-state index in [1.165, 1.54) is 6.07 Å². The van der Waals surface area contributed by atoms with Crippen molar-refractivity contribution in [3.63, 3.8) is 0 Å². The van der Waals surface area contributed by atoms with Gasteiger partial charge in [-0.2, -0.15) is 0 Å². The third-order valence-electron chi connectivity index (χ3n) is 7.20. The van der Waals surface area contributed by atoms with Crippen molar-refractivity contribution in [2.45, 2.75) is 71.8 Å². The molecule has 3 rings (SSSR count). The minimum Gasteiger partial charge on any atom is -0.466 e. The van der Waals surface area contributed by atoms with E-state index in [-0.39, 0.29) is 29.7 Å². The van der Waals surface area contributed by atoms with Crippen LogP contribution in [0, 0.1) is 17.0 Å².